The third kappa shape index (κ3) is 5.84. The standard InChI is InChI=1S/C60H37N3O/c1-3-13-38(14-4-1)40-25-27-42(28-26-40)60-61-53-33-31-46(37-52(53)58(62-60)45-19-11-18-43(35-45)39-15-5-2-6-16-39)63-54-34-30-41-17-7-8-20-47(41)57(54)51-32-29-44(36-55(51)63)48-22-12-23-50-49-21-9-10-24-56(49)64-59(48)50/h1-37H. The number of benzene rings is 10. The van der Waals surface area contributed by atoms with Gasteiger partial charge < -0.3 is 8.98 Å². The van der Waals surface area contributed by atoms with Crippen molar-refractivity contribution in [2.75, 3.05) is 0 Å². The first-order chi connectivity index (χ1) is 31.7. The van der Waals surface area contributed by atoms with Gasteiger partial charge in [0, 0.05) is 49.3 Å². The van der Waals surface area contributed by atoms with E-state index in [9.17, 15) is 0 Å². The fourth-order valence-electron chi connectivity index (χ4n) is 9.73. The molecule has 13 aromatic rings. The van der Waals surface area contributed by atoms with Gasteiger partial charge in [0.25, 0.3) is 0 Å². The normalized spacial score (nSPS) is 11.8. The molecular weight excluding hydrogens is 779 g/mol. The van der Waals surface area contributed by atoms with Gasteiger partial charge in [-0.15, -0.1) is 0 Å². The maximum absolute atomic E-state index is 6.57. The average Bonchev–Trinajstić information content (AvgIpc) is 3.92. The van der Waals surface area contributed by atoms with Crippen molar-refractivity contribution in [3.05, 3.63) is 224 Å². The quantitative estimate of drug-likeness (QED) is 0.168. The summed E-state index contributed by atoms with van der Waals surface area (Å²) >= 11 is 0. The molecule has 10 aromatic carbocycles. The molecule has 0 aliphatic rings. The molecule has 0 unspecified atom stereocenters. The molecule has 0 saturated carbocycles. The highest BCUT2D eigenvalue weighted by Crippen LogP contribution is 2.42. The van der Waals surface area contributed by atoms with Gasteiger partial charge in [-0.2, -0.15) is 0 Å². The molecule has 0 aliphatic carbocycles. The maximum atomic E-state index is 6.57. The van der Waals surface area contributed by atoms with Crippen molar-refractivity contribution in [2.24, 2.45) is 0 Å². The molecule has 0 saturated heterocycles. The highest BCUT2D eigenvalue weighted by atomic mass is 16.3. The Labute approximate surface area is 369 Å². The summed E-state index contributed by atoms with van der Waals surface area (Å²) in [6.07, 6.45) is 0. The van der Waals surface area contributed by atoms with Gasteiger partial charge in [0.15, 0.2) is 5.82 Å². The SMILES string of the molecule is c1ccc(-c2ccc(-c3nc(-c4cccc(-c5ccccc5)c4)c4cc(-n5c6cc(-c7cccc8c7oc7ccccc78)ccc6c6c7ccccc7ccc65)ccc4n3)cc2)cc1. The molecule has 0 amide bonds. The fourth-order valence-corrected chi connectivity index (χ4v) is 9.73. The van der Waals surface area contributed by atoms with Gasteiger partial charge in [-0.3, -0.25) is 0 Å². The highest BCUT2D eigenvalue weighted by Gasteiger charge is 2.20. The minimum absolute atomic E-state index is 0.688. The van der Waals surface area contributed by atoms with Crippen LogP contribution in [0.25, 0.3) is 127 Å². The Balaban J connectivity index is 1.05. The molecule has 0 aliphatic heterocycles. The van der Waals surface area contributed by atoms with Crippen LogP contribution in [0.15, 0.2) is 229 Å². The summed E-state index contributed by atoms with van der Waals surface area (Å²) < 4.78 is 8.98. The van der Waals surface area contributed by atoms with Gasteiger partial charge in [0.05, 0.1) is 22.2 Å². The molecule has 0 radical (unpaired) electrons. The molecule has 3 heterocycles. The molecule has 4 heteroatoms. The molecule has 0 bridgehead atoms. The Kier molecular flexibility index (Phi) is 8.18. The van der Waals surface area contributed by atoms with Crippen LogP contribution in [0.4, 0.5) is 0 Å². The fraction of sp³-hybridized carbons (Fsp3) is 0. The number of furan rings is 1. The number of fused-ring (bicyclic) bond motifs is 9. The van der Waals surface area contributed by atoms with Crippen molar-refractivity contribution >= 4 is 65.4 Å². The molecule has 4 nitrogen and oxygen atoms in total. The largest absolute Gasteiger partial charge is 0.455 e. The van der Waals surface area contributed by atoms with E-state index in [0.29, 0.717) is 5.82 Å². The van der Waals surface area contributed by atoms with E-state index in [1.54, 1.807) is 0 Å². The highest BCUT2D eigenvalue weighted by molar-refractivity contribution is 6.22. The summed E-state index contributed by atoms with van der Waals surface area (Å²) in [5.74, 6) is 0.688. The molecule has 0 fully saturated rings. The minimum atomic E-state index is 0.688. The summed E-state index contributed by atoms with van der Waals surface area (Å²) in [6.45, 7) is 0. The van der Waals surface area contributed by atoms with Crippen LogP contribution in [-0.4, -0.2) is 14.5 Å². The second-order valence-corrected chi connectivity index (χ2v) is 16.5. The van der Waals surface area contributed by atoms with E-state index in [1.807, 2.05) is 18.2 Å². The average molecular weight is 816 g/mol. The van der Waals surface area contributed by atoms with Crippen LogP contribution in [-0.2, 0) is 0 Å². The zero-order valence-corrected chi connectivity index (χ0v) is 34.6. The van der Waals surface area contributed by atoms with Gasteiger partial charge in [-0.05, 0) is 81.1 Å². The lowest BCUT2D eigenvalue weighted by Gasteiger charge is -2.14. The summed E-state index contributed by atoms with van der Waals surface area (Å²) in [5.41, 5.74) is 15.6. The van der Waals surface area contributed by atoms with E-state index in [-0.39, 0.29) is 0 Å². The van der Waals surface area contributed by atoms with Crippen molar-refractivity contribution in [1.82, 2.24) is 14.5 Å². The predicted molar refractivity (Wildman–Crippen MR) is 266 cm³/mol. The summed E-state index contributed by atoms with van der Waals surface area (Å²) in [7, 11) is 0. The predicted octanol–water partition coefficient (Wildman–Crippen LogP) is 16.1. The van der Waals surface area contributed by atoms with Gasteiger partial charge in [-0.25, -0.2) is 9.97 Å². The summed E-state index contributed by atoms with van der Waals surface area (Å²) in [5, 5.41) is 8.06. The first kappa shape index (κ1) is 36.1. The molecule has 3 aromatic heterocycles. The topological polar surface area (TPSA) is 43.9 Å². The zero-order valence-electron chi connectivity index (χ0n) is 34.6. The Bertz CT molecular complexity index is 3940. The third-order valence-electron chi connectivity index (χ3n) is 12.8. The van der Waals surface area contributed by atoms with E-state index < -0.39 is 0 Å². The second-order valence-electron chi connectivity index (χ2n) is 16.5. The minimum Gasteiger partial charge on any atom is -0.455 e. The molecule has 0 spiro atoms. The van der Waals surface area contributed by atoms with Crippen LogP contribution in [0.1, 0.15) is 0 Å². The molecule has 0 N–H and O–H groups in total. The Morgan fingerprint density at radius 1 is 0.359 bits per heavy atom. The number of nitrogens with zero attached hydrogens (tertiary/aromatic N) is 3. The van der Waals surface area contributed by atoms with E-state index in [4.69, 9.17) is 14.4 Å². The lowest BCUT2D eigenvalue weighted by molar-refractivity contribution is 0.670. The molecule has 13 rings (SSSR count). The van der Waals surface area contributed by atoms with Crippen LogP contribution in [0.2, 0.25) is 0 Å². The Hall–Kier alpha value is -8.60. The van der Waals surface area contributed by atoms with Crippen LogP contribution in [0, 0.1) is 0 Å². The van der Waals surface area contributed by atoms with Crippen LogP contribution in [0.3, 0.4) is 0 Å². The molecule has 64 heavy (non-hydrogen) atoms. The second kappa shape index (κ2) is 14.5. The number of rotatable bonds is 6. The van der Waals surface area contributed by atoms with Gasteiger partial charge in [0.2, 0.25) is 0 Å². The number of para-hydroxylation sites is 2. The third-order valence-corrected chi connectivity index (χ3v) is 12.8. The number of hydrogen-bond donors (Lipinski definition) is 0. The van der Waals surface area contributed by atoms with E-state index in [1.165, 1.54) is 27.1 Å². The first-order valence-corrected chi connectivity index (χ1v) is 21.7. The zero-order chi connectivity index (χ0) is 42.1. The molecule has 0 atom stereocenters. The summed E-state index contributed by atoms with van der Waals surface area (Å²) in [4.78, 5) is 10.7. The molecular formula is C60H37N3O. The van der Waals surface area contributed by atoms with E-state index in [2.05, 4.69) is 211 Å². The van der Waals surface area contributed by atoms with Gasteiger partial charge in [-0.1, -0.05) is 182 Å². The number of hydrogen-bond acceptors (Lipinski definition) is 3. The van der Waals surface area contributed by atoms with Gasteiger partial charge >= 0.3 is 0 Å². The van der Waals surface area contributed by atoms with Gasteiger partial charge in [0.1, 0.15) is 11.2 Å². The van der Waals surface area contributed by atoms with Crippen molar-refractivity contribution in [1.29, 1.82) is 0 Å². The van der Waals surface area contributed by atoms with Crippen molar-refractivity contribution < 1.29 is 4.42 Å². The maximum Gasteiger partial charge on any atom is 0.160 e. The first-order valence-electron chi connectivity index (χ1n) is 21.7. The van der Waals surface area contributed by atoms with Crippen molar-refractivity contribution in [2.45, 2.75) is 0 Å². The lowest BCUT2D eigenvalue weighted by Crippen LogP contribution is -1.99. The van der Waals surface area contributed by atoms with Crippen LogP contribution in [0.5, 0.6) is 0 Å². The lowest BCUT2D eigenvalue weighted by atomic mass is 9.99. The Morgan fingerprint density at radius 2 is 1.02 bits per heavy atom. The van der Waals surface area contributed by atoms with E-state index in [0.717, 1.165) is 94.2 Å². The smallest absolute Gasteiger partial charge is 0.160 e. The van der Waals surface area contributed by atoms with Crippen LogP contribution < -0.4 is 0 Å². The van der Waals surface area contributed by atoms with E-state index >= 15 is 0 Å². The number of aromatic nitrogens is 3. The Morgan fingerprint density at radius 3 is 1.86 bits per heavy atom. The van der Waals surface area contributed by atoms with Crippen molar-refractivity contribution in [3.8, 4) is 61.7 Å². The van der Waals surface area contributed by atoms with Crippen molar-refractivity contribution in [3.63, 3.8) is 0 Å². The molecule has 298 valence electrons. The monoisotopic (exact) mass is 815 g/mol. The summed E-state index contributed by atoms with van der Waals surface area (Å²) in [6, 6.07) is 79.8. The van der Waals surface area contributed by atoms with Crippen LogP contribution >= 0.6 is 0 Å².